The van der Waals surface area contributed by atoms with E-state index in [1.807, 2.05) is 20.8 Å². The van der Waals surface area contributed by atoms with E-state index in [9.17, 15) is 4.79 Å². The van der Waals surface area contributed by atoms with Crippen molar-refractivity contribution < 1.29 is 14.3 Å². The number of aromatic nitrogens is 2. The summed E-state index contributed by atoms with van der Waals surface area (Å²) >= 11 is 5.77. The molecule has 1 aliphatic heterocycles. The van der Waals surface area contributed by atoms with Crippen LogP contribution in [-0.2, 0) is 4.74 Å². The highest BCUT2D eigenvalue weighted by molar-refractivity contribution is 6.29. The van der Waals surface area contributed by atoms with Crippen LogP contribution < -0.4 is 4.74 Å². The third-order valence-electron chi connectivity index (χ3n) is 2.67. The molecule has 0 bridgehead atoms. The van der Waals surface area contributed by atoms with Gasteiger partial charge in [0.05, 0.1) is 6.54 Å². The van der Waals surface area contributed by atoms with Gasteiger partial charge in [0.25, 0.3) is 0 Å². The smallest absolute Gasteiger partial charge is 0.410 e. The van der Waals surface area contributed by atoms with Crippen LogP contribution in [0.3, 0.4) is 0 Å². The highest BCUT2D eigenvalue weighted by atomic mass is 35.5. The maximum absolute atomic E-state index is 11.9. The van der Waals surface area contributed by atoms with E-state index >= 15 is 0 Å². The van der Waals surface area contributed by atoms with Crippen LogP contribution >= 0.6 is 11.6 Å². The summed E-state index contributed by atoms with van der Waals surface area (Å²) in [7, 11) is 0. The molecule has 1 aromatic rings. The van der Waals surface area contributed by atoms with Crippen LogP contribution in [0.15, 0.2) is 12.3 Å². The molecule has 2 heterocycles. The number of rotatable bonds is 2. The highest BCUT2D eigenvalue weighted by Gasteiger charge is 2.31. The van der Waals surface area contributed by atoms with Crippen LogP contribution in [0.25, 0.3) is 0 Å². The van der Waals surface area contributed by atoms with E-state index in [2.05, 4.69) is 9.97 Å². The summed E-state index contributed by atoms with van der Waals surface area (Å²) in [6.45, 7) is 6.59. The molecular weight excluding hydrogens is 282 g/mol. The Labute approximate surface area is 123 Å². The van der Waals surface area contributed by atoms with Crippen LogP contribution in [0.4, 0.5) is 4.79 Å². The van der Waals surface area contributed by atoms with Crippen molar-refractivity contribution in [2.75, 3.05) is 13.1 Å². The largest absolute Gasteiger partial charge is 0.458 e. The molecule has 1 aromatic heterocycles. The average Bonchev–Trinajstić information content (AvgIpc) is 2.75. The molecule has 0 radical (unpaired) electrons. The minimum atomic E-state index is -0.494. The van der Waals surface area contributed by atoms with Gasteiger partial charge in [0.1, 0.15) is 16.9 Å². The van der Waals surface area contributed by atoms with Crippen molar-refractivity contribution >= 4 is 17.7 Å². The van der Waals surface area contributed by atoms with Crippen molar-refractivity contribution in [3.8, 4) is 6.01 Å². The summed E-state index contributed by atoms with van der Waals surface area (Å²) in [6, 6.07) is 1.81. The second kappa shape index (κ2) is 5.83. The van der Waals surface area contributed by atoms with E-state index in [4.69, 9.17) is 21.1 Å². The van der Waals surface area contributed by atoms with Crippen molar-refractivity contribution in [2.45, 2.75) is 38.9 Å². The van der Waals surface area contributed by atoms with Crippen molar-refractivity contribution in [2.24, 2.45) is 0 Å². The first-order valence-electron chi connectivity index (χ1n) is 6.46. The molecule has 20 heavy (non-hydrogen) atoms. The van der Waals surface area contributed by atoms with Gasteiger partial charge in [-0.15, -0.1) is 0 Å². The number of amides is 1. The molecule has 1 fully saturated rings. The van der Waals surface area contributed by atoms with Crippen molar-refractivity contribution in [3.63, 3.8) is 0 Å². The highest BCUT2D eigenvalue weighted by Crippen LogP contribution is 2.18. The summed E-state index contributed by atoms with van der Waals surface area (Å²) in [5.41, 5.74) is -0.494. The maximum atomic E-state index is 11.9. The van der Waals surface area contributed by atoms with Gasteiger partial charge >= 0.3 is 12.1 Å². The first-order valence-corrected chi connectivity index (χ1v) is 6.84. The van der Waals surface area contributed by atoms with Crippen LogP contribution in [0.1, 0.15) is 27.2 Å². The number of carbonyl (C=O) groups is 1. The van der Waals surface area contributed by atoms with Gasteiger partial charge in [-0.1, -0.05) is 11.6 Å². The van der Waals surface area contributed by atoms with Gasteiger partial charge in [0, 0.05) is 19.2 Å². The predicted molar refractivity (Wildman–Crippen MR) is 73.9 cm³/mol. The van der Waals surface area contributed by atoms with Crippen LogP contribution in [-0.4, -0.2) is 45.8 Å². The number of hydrogen-bond donors (Lipinski definition) is 0. The lowest BCUT2D eigenvalue weighted by Crippen LogP contribution is -2.36. The molecule has 0 saturated carbocycles. The van der Waals surface area contributed by atoms with E-state index in [-0.39, 0.29) is 18.2 Å². The lowest BCUT2D eigenvalue weighted by atomic mass is 10.2. The molecule has 0 N–H and O–H groups in total. The van der Waals surface area contributed by atoms with E-state index in [1.165, 1.54) is 6.20 Å². The van der Waals surface area contributed by atoms with Gasteiger partial charge in [0.15, 0.2) is 0 Å². The van der Waals surface area contributed by atoms with Crippen molar-refractivity contribution in [1.82, 2.24) is 14.9 Å². The Balaban J connectivity index is 1.88. The molecule has 1 aliphatic rings. The Morgan fingerprint density at radius 2 is 2.25 bits per heavy atom. The Morgan fingerprint density at radius 1 is 1.50 bits per heavy atom. The zero-order valence-electron chi connectivity index (χ0n) is 11.8. The first-order chi connectivity index (χ1) is 9.33. The van der Waals surface area contributed by atoms with Gasteiger partial charge in [-0.05, 0) is 26.8 Å². The van der Waals surface area contributed by atoms with Gasteiger partial charge in [-0.2, -0.15) is 4.98 Å². The zero-order valence-corrected chi connectivity index (χ0v) is 12.6. The maximum Gasteiger partial charge on any atom is 0.410 e. The van der Waals surface area contributed by atoms with E-state index in [0.29, 0.717) is 18.2 Å². The Bertz CT molecular complexity index is 490. The first kappa shape index (κ1) is 14.8. The Morgan fingerprint density at radius 3 is 2.90 bits per heavy atom. The number of likely N-dealkylation sites (tertiary alicyclic amines) is 1. The second-order valence-electron chi connectivity index (χ2n) is 5.62. The molecule has 0 aromatic carbocycles. The van der Waals surface area contributed by atoms with Crippen molar-refractivity contribution in [1.29, 1.82) is 0 Å². The fourth-order valence-corrected chi connectivity index (χ4v) is 1.97. The molecule has 1 amide bonds. The van der Waals surface area contributed by atoms with Gasteiger partial charge in [-0.3, -0.25) is 0 Å². The average molecular weight is 300 g/mol. The lowest BCUT2D eigenvalue weighted by molar-refractivity contribution is 0.0274. The monoisotopic (exact) mass is 299 g/mol. The van der Waals surface area contributed by atoms with Crippen LogP contribution in [0.2, 0.25) is 5.15 Å². The van der Waals surface area contributed by atoms with E-state index < -0.39 is 5.60 Å². The normalized spacial score (nSPS) is 19.0. The molecule has 0 aliphatic carbocycles. The minimum Gasteiger partial charge on any atom is -0.458 e. The molecular formula is C13H18ClN3O3. The fraction of sp³-hybridized carbons (Fsp3) is 0.615. The van der Waals surface area contributed by atoms with Gasteiger partial charge in [0.2, 0.25) is 0 Å². The molecule has 1 atom stereocenters. The van der Waals surface area contributed by atoms with Crippen molar-refractivity contribution in [3.05, 3.63) is 17.4 Å². The van der Waals surface area contributed by atoms with E-state index in [1.54, 1.807) is 11.0 Å². The standard InChI is InChI=1S/C13H18ClN3O3/c1-13(2,3)20-12(18)17-7-5-9(8-17)19-11-15-6-4-10(14)16-11/h4,6,9H,5,7-8H2,1-3H3. The number of carbonyl (C=O) groups excluding carboxylic acids is 1. The second-order valence-corrected chi connectivity index (χ2v) is 6.00. The summed E-state index contributed by atoms with van der Waals surface area (Å²) < 4.78 is 10.9. The molecule has 110 valence electrons. The van der Waals surface area contributed by atoms with Crippen LogP contribution in [0, 0.1) is 0 Å². The Hall–Kier alpha value is -1.56. The molecule has 6 nitrogen and oxygen atoms in total. The topological polar surface area (TPSA) is 64.5 Å². The quantitative estimate of drug-likeness (QED) is 0.785. The zero-order chi connectivity index (χ0) is 14.8. The molecule has 1 unspecified atom stereocenters. The number of ether oxygens (including phenoxy) is 2. The third kappa shape index (κ3) is 4.23. The molecule has 7 heteroatoms. The number of halogens is 1. The molecule has 0 spiro atoms. The lowest BCUT2D eigenvalue weighted by Gasteiger charge is -2.24. The predicted octanol–water partition coefficient (Wildman–Crippen LogP) is 2.52. The summed E-state index contributed by atoms with van der Waals surface area (Å²) in [5.74, 6) is 0. The molecule has 1 saturated heterocycles. The molecule has 2 rings (SSSR count). The van der Waals surface area contributed by atoms with Gasteiger partial charge < -0.3 is 14.4 Å². The summed E-state index contributed by atoms with van der Waals surface area (Å²) in [5, 5.41) is 0.331. The number of nitrogens with zero attached hydrogens (tertiary/aromatic N) is 3. The SMILES string of the molecule is CC(C)(C)OC(=O)N1CCC(Oc2nccc(Cl)n2)C1. The minimum absolute atomic E-state index is 0.138. The summed E-state index contributed by atoms with van der Waals surface area (Å²) in [6.07, 6.45) is 1.79. The van der Waals surface area contributed by atoms with Gasteiger partial charge in [-0.25, -0.2) is 9.78 Å². The fourth-order valence-electron chi connectivity index (χ4n) is 1.84. The van der Waals surface area contributed by atoms with E-state index in [0.717, 1.165) is 6.42 Å². The summed E-state index contributed by atoms with van der Waals surface area (Å²) in [4.78, 5) is 21.5. The Kier molecular flexibility index (Phi) is 4.32. The number of hydrogen-bond acceptors (Lipinski definition) is 5. The third-order valence-corrected chi connectivity index (χ3v) is 2.88. The van der Waals surface area contributed by atoms with Crippen LogP contribution in [0.5, 0.6) is 6.01 Å².